The Morgan fingerprint density at radius 1 is 1.21 bits per heavy atom. The highest BCUT2D eigenvalue weighted by Gasteiger charge is 2.27. The number of esters is 1. The molecule has 1 saturated carbocycles. The molecule has 0 atom stereocenters. The van der Waals surface area contributed by atoms with Crippen molar-refractivity contribution in [2.45, 2.75) is 38.1 Å². The molecule has 0 spiro atoms. The first-order valence-electron chi connectivity index (χ1n) is 6.36. The van der Waals surface area contributed by atoms with Gasteiger partial charge in [-0.2, -0.15) is 0 Å². The van der Waals surface area contributed by atoms with Crippen molar-refractivity contribution in [3.05, 3.63) is 0 Å². The van der Waals surface area contributed by atoms with E-state index < -0.39 is 9.84 Å². The molecule has 6 nitrogen and oxygen atoms in total. The Morgan fingerprint density at radius 2 is 1.79 bits per heavy atom. The number of hydrogen-bond acceptors (Lipinski definition) is 5. The molecule has 19 heavy (non-hydrogen) atoms. The summed E-state index contributed by atoms with van der Waals surface area (Å²) in [4.78, 5) is 22.9. The normalized spacial score (nSPS) is 23.7. The van der Waals surface area contributed by atoms with Gasteiger partial charge in [-0.1, -0.05) is 0 Å². The summed E-state index contributed by atoms with van der Waals surface area (Å²) < 4.78 is 26.6. The van der Waals surface area contributed by atoms with Crippen molar-refractivity contribution in [1.82, 2.24) is 5.32 Å². The second-order valence-corrected chi connectivity index (χ2v) is 7.28. The number of sulfone groups is 1. The molecule has 0 unspecified atom stereocenters. The van der Waals surface area contributed by atoms with Gasteiger partial charge >= 0.3 is 5.97 Å². The van der Waals surface area contributed by atoms with Crippen molar-refractivity contribution in [1.29, 1.82) is 0 Å². The quantitative estimate of drug-likeness (QED) is 0.734. The van der Waals surface area contributed by atoms with E-state index in [1.807, 2.05) is 0 Å². The Balaban J connectivity index is 2.29. The fourth-order valence-corrected chi connectivity index (χ4v) is 2.77. The lowest BCUT2D eigenvalue weighted by atomic mass is 9.86. The number of hydrogen-bond donors (Lipinski definition) is 1. The molecule has 0 radical (unpaired) electrons. The van der Waals surface area contributed by atoms with E-state index >= 15 is 0 Å². The number of rotatable bonds is 5. The third kappa shape index (κ3) is 6.04. The Kier molecular flexibility index (Phi) is 5.78. The SMILES string of the molecule is COC(=O)C1CCC(NC(=O)CCS(C)(=O)=O)CC1. The van der Waals surface area contributed by atoms with Crippen LogP contribution < -0.4 is 5.32 Å². The largest absolute Gasteiger partial charge is 0.469 e. The third-order valence-corrected chi connectivity index (χ3v) is 4.27. The number of amides is 1. The van der Waals surface area contributed by atoms with Gasteiger partial charge in [0, 0.05) is 18.7 Å². The van der Waals surface area contributed by atoms with E-state index in [-0.39, 0.29) is 36.0 Å². The molecule has 7 heteroatoms. The first-order chi connectivity index (χ1) is 8.81. The number of ether oxygens (including phenoxy) is 1. The van der Waals surface area contributed by atoms with Gasteiger partial charge in [0.05, 0.1) is 18.8 Å². The van der Waals surface area contributed by atoms with Crippen LogP contribution in [-0.2, 0) is 24.2 Å². The highest BCUT2D eigenvalue weighted by molar-refractivity contribution is 7.90. The molecule has 0 aromatic rings. The summed E-state index contributed by atoms with van der Waals surface area (Å²) in [7, 11) is -1.73. The minimum absolute atomic E-state index is 0.00420. The monoisotopic (exact) mass is 291 g/mol. The lowest BCUT2D eigenvalue weighted by Gasteiger charge is -2.27. The number of methoxy groups -OCH3 is 1. The van der Waals surface area contributed by atoms with Crippen molar-refractivity contribution in [2.24, 2.45) is 5.92 Å². The molecule has 0 heterocycles. The van der Waals surface area contributed by atoms with Gasteiger partial charge in [-0.3, -0.25) is 9.59 Å². The van der Waals surface area contributed by atoms with Crippen LogP contribution in [0, 0.1) is 5.92 Å². The summed E-state index contributed by atoms with van der Waals surface area (Å²) in [6.45, 7) is 0. The summed E-state index contributed by atoms with van der Waals surface area (Å²) in [6, 6.07) is 0.0352. The molecule has 110 valence electrons. The number of carbonyl (C=O) groups is 2. The van der Waals surface area contributed by atoms with Gasteiger partial charge in [0.1, 0.15) is 9.84 Å². The molecule has 0 aromatic heterocycles. The van der Waals surface area contributed by atoms with Gasteiger partial charge in [-0.25, -0.2) is 8.42 Å². The zero-order valence-corrected chi connectivity index (χ0v) is 12.2. The van der Waals surface area contributed by atoms with Gasteiger partial charge < -0.3 is 10.1 Å². The van der Waals surface area contributed by atoms with Gasteiger partial charge in [0.25, 0.3) is 0 Å². The lowest BCUT2D eigenvalue weighted by molar-refractivity contribution is -0.146. The van der Waals surface area contributed by atoms with Crippen LogP contribution in [0.2, 0.25) is 0 Å². The van der Waals surface area contributed by atoms with Crippen molar-refractivity contribution in [2.75, 3.05) is 19.1 Å². The fourth-order valence-electron chi connectivity index (χ4n) is 2.22. The van der Waals surface area contributed by atoms with E-state index in [9.17, 15) is 18.0 Å². The van der Waals surface area contributed by atoms with E-state index in [4.69, 9.17) is 0 Å². The molecule has 0 aromatic carbocycles. The predicted molar refractivity (Wildman–Crippen MR) is 70.2 cm³/mol. The Hall–Kier alpha value is -1.11. The maximum absolute atomic E-state index is 11.6. The molecule has 0 bridgehead atoms. The molecule has 1 aliphatic carbocycles. The second-order valence-electron chi connectivity index (χ2n) is 5.02. The summed E-state index contributed by atoms with van der Waals surface area (Å²) in [5.74, 6) is -0.640. The van der Waals surface area contributed by atoms with Crippen molar-refractivity contribution < 1.29 is 22.7 Å². The van der Waals surface area contributed by atoms with Crippen molar-refractivity contribution in [3.63, 3.8) is 0 Å². The summed E-state index contributed by atoms with van der Waals surface area (Å²) in [6.07, 6.45) is 3.96. The zero-order chi connectivity index (χ0) is 14.5. The molecule has 1 rings (SSSR count). The maximum atomic E-state index is 11.6. The minimum Gasteiger partial charge on any atom is -0.469 e. The average molecular weight is 291 g/mol. The maximum Gasteiger partial charge on any atom is 0.308 e. The topological polar surface area (TPSA) is 89.5 Å². The molecule has 1 aliphatic rings. The first-order valence-corrected chi connectivity index (χ1v) is 8.43. The molecular weight excluding hydrogens is 270 g/mol. The van der Waals surface area contributed by atoms with Gasteiger partial charge in [-0.05, 0) is 25.7 Å². The summed E-state index contributed by atoms with van der Waals surface area (Å²) >= 11 is 0. The number of nitrogens with one attached hydrogen (secondary N) is 1. The minimum atomic E-state index is -3.11. The summed E-state index contributed by atoms with van der Waals surface area (Å²) in [5.41, 5.74) is 0. The molecule has 1 amide bonds. The molecule has 0 aliphatic heterocycles. The van der Waals surface area contributed by atoms with Crippen LogP contribution in [0.5, 0.6) is 0 Å². The lowest BCUT2D eigenvalue weighted by Crippen LogP contribution is -2.39. The van der Waals surface area contributed by atoms with E-state index in [2.05, 4.69) is 10.1 Å². The van der Waals surface area contributed by atoms with Crippen LogP contribution in [-0.4, -0.2) is 45.5 Å². The van der Waals surface area contributed by atoms with E-state index in [0.29, 0.717) is 12.8 Å². The molecule has 1 N–H and O–H groups in total. The van der Waals surface area contributed by atoms with Gasteiger partial charge in [0.15, 0.2) is 0 Å². The highest BCUT2D eigenvalue weighted by atomic mass is 32.2. The molecule has 1 fully saturated rings. The first kappa shape index (κ1) is 15.9. The second kappa shape index (κ2) is 6.88. The highest BCUT2D eigenvalue weighted by Crippen LogP contribution is 2.25. The fraction of sp³-hybridized carbons (Fsp3) is 0.833. The van der Waals surface area contributed by atoms with E-state index in [0.717, 1.165) is 19.1 Å². The van der Waals surface area contributed by atoms with E-state index in [1.54, 1.807) is 0 Å². The van der Waals surface area contributed by atoms with Crippen LogP contribution >= 0.6 is 0 Å². The average Bonchev–Trinajstić information content (AvgIpc) is 2.35. The number of carbonyl (C=O) groups excluding carboxylic acids is 2. The van der Waals surface area contributed by atoms with E-state index in [1.165, 1.54) is 7.11 Å². The van der Waals surface area contributed by atoms with Crippen LogP contribution in [0.25, 0.3) is 0 Å². The standard InChI is InChI=1S/C12H21NO5S/c1-18-12(15)9-3-5-10(6-4-9)13-11(14)7-8-19(2,16)17/h9-10H,3-8H2,1-2H3,(H,13,14). The van der Waals surface area contributed by atoms with Crippen LogP contribution in [0.15, 0.2) is 0 Å². The van der Waals surface area contributed by atoms with Crippen molar-refractivity contribution >= 4 is 21.7 Å². The Bertz CT molecular complexity index is 423. The summed E-state index contributed by atoms with van der Waals surface area (Å²) in [5, 5.41) is 2.81. The smallest absolute Gasteiger partial charge is 0.308 e. The third-order valence-electron chi connectivity index (χ3n) is 3.33. The molecule has 0 saturated heterocycles. The Morgan fingerprint density at radius 3 is 2.26 bits per heavy atom. The van der Waals surface area contributed by atoms with Gasteiger partial charge in [-0.15, -0.1) is 0 Å². The Labute approximate surface area is 113 Å². The van der Waals surface area contributed by atoms with Crippen LogP contribution in [0.1, 0.15) is 32.1 Å². The zero-order valence-electron chi connectivity index (χ0n) is 11.3. The van der Waals surface area contributed by atoms with Gasteiger partial charge in [0.2, 0.25) is 5.91 Å². The van der Waals surface area contributed by atoms with Crippen molar-refractivity contribution in [3.8, 4) is 0 Å². The predicted octanol–water partition coefficient (Wildman–Crippen LogP) is 0.269. The molecular formula is C12H21NO5S. The van der Waals surface area contributed by atoms with Crippen LogP contribution in [0.3, 0.4) is 0 Å². The van der Waals surface area contributed by atoms with Crippen LogP contribution in [0.4, 0.5) is 0 Å².